The minimum Gasteiger partial charge on any atom is -0.492 e. The van der Waals surface area contributed by atoms with Crippen molar-refractivity contribution >= 4 is 11.8 Å². The zero-order valence-electron chi connectivity index (χ0n) is 15.8. The molecule has 0 amide bonds. The van der Waals surface area contributed by atoms with Gasteiger partial charge in [0.05, 0.1) is 24.4 Å². The molecular weight excluding hydrogens is 332 g/mol. The van der Waals surface area contributed by atoms with Gasteiger partial charge in [0.1, 0.15) is 12.4 Å². The van der Waals surface area contributed by atoms with Crippen LogP contribution in [0.15, 0.2) is 30.3 Å². The summed E-state index contributed by atoms with van der Waals surface area (Å²) in [5.41, 5.74) is 2.20. The van der Waals surface area contributed by atoms with Gasteiger partial charge in [-0.05, 0) is 45.5 Å². The second-order valence-corrected chi connectivity index (χ2v) is 6.17. The number of nitrogens with zero attached hydrogens (tertiary/aromatic N) is 1. The number of hydrogen-bond donors (Lipinski definition) is 1. The number of esters is 1. The molecule has 0 aliphatic carbocycles. The molecule has 0 aliphatic heterocycles. The Morgan fingerprint density at radius 1 is 1.15 bits per heavy atom. The number of carbonyl (C=O) groups excluding carboxylic acids is 2. The molecule has 2 rings (SSSR count). The van der Waals surface area contributed by atoms with Crippen LogP contribution in [0, 0.1) is 13.8 Å². The molecule has 0 spiro atoms. The number of Topliss-reactive ketones (excluding diaryl/α,β-unsaturated/α-hetero) is 1. The van der Waals surface area contributed by atoms with Crippen molar-refractivity contribution in [2.75, 3.05) is 33.4 Å². The topological polar surface area (TPSA) is 71.6 Å². The Balaban J connectivity index is 1.92. The minimum atomic E-state index is -0.401. The van der Waals surface area contributed by atoms with Gasteiger partial charge in [0.2, 0.25) is 0 Å². The second kappa shape index (κ2) is 9.20. The highest BCUT2D eigenvalue weighted by Crippen LogP contribution is 2.19. The number of rotatable bonds is 9. The number of nitrogens with one attached hydrogen (secondary N) is 1. The third kappa shape index (κ3) is 4.95. The first-order valence-electron chi connectivity index (χ1n) is 8.69. The van der Waals surface area contributed by atoms with Gasteiger partial charge in [-0.15, -0.1) is 0 Å². The fraction of sp³-hybridized carbons (Fsp3) is 0.400. The molecular formula is C20H26N2O4. The largest absolute Gasteiger partial charge is 0.492 e. The number of H-pyrrole nitrogens is 1. The Labute approximate surface area is 154 Å². The lowest BCUT2D eigenvalue weighted by atomic mass is 10.1. The minimum absolute atomic E-state index is 0.0663. The summed E-state index contributed by atoms with van der Waals surface area (Å²) in [5.74, 6) is 0.341. The normalized spacial score (nSPS) is 10.8. The number of benzene rings is 1. The van der Waals surface area contributed by atoms with Crippen LogP contribution >= 0.6 is 0 Å². The number of aromatic nitrogens is 1. The van der Waals surface area contributed by atoms with Crippen molar-refractivity contribution in [1.82, 2.24) is 9.88 Å². The summed E-state index contributed by atoms with van der Waals surface area (Å²) >= 11 is 0. The number of ketones is 1. The zero-order chi connectivity index (χ0) is 19.1. The summed E-state index contributed by atoms with van der Waals surface area (Å²) in [6.07, 6.45) is 0. The summed E-state index contributed by atoms with van der Waals surface area (Å²) in [6, 6.07) is 9.56. The molecule has 0 unspecified atom stereocenters. The first-order chi connectivity index (χ1) is 12.4. The second-order valence-electron chi connectivity index (χ2n) is 6.17. The van der Waals surface area contributed by atoms with E-state index in [-0.39, 0.29) is 12.3 Å². The summed E-state index contributed by atoms with van der Waals surface area (Å²) in [5, 5.41) is 0. The predicted octanol–water partition coefficient (Wildman–Crippen LogP) is 3.00. The Morgan fingerprint density at radius 2 is 1.85 bits per heavy atom. The van der Waals surface area contributed by atoms with Crippen LogP contribution in [0.25, 0.3) is 0 Å². The van der Waals surface area contributed by atoms with E-state index in [9.17, 15) is 9.59 Å². The van der Waals surface area contributed by atoms with Crippen molar-refractivity contribution in [1.29, 1.82) is 0 Å². The highest BCUT2D eigenvalue weighted by atomic mass is 16.5. The number of ether oxygens (including phenoxy) is 2. The molecule has 1 N–H and O–H groups in total. The molecule has 0 bridgehead atoms. The van der Waals surface area contributed by atoms with Gasteiger partial charge in [-0.2, -0.15) is 0 Å². The van der Waals surface area contributed by atoms with Gasteiger partial charge in [-0.25, -0.2) is 4.79 Å². The molecule has 0 saturated carbocycles. The van der Waals surface area contributed by atoms with Crippen molar-refractivity contribution < 1.29 is 19.1 Å². The van der Waals surface area contributed by atoms with E-state index in [0.29, 0.717) is 42.3 Å². The Kier molecular flexibility index (Phi) is 6.97. The molecule has 26 heavy (non-hydrogen) atoms. The first kappa shape index (κ1) is 19.7. The Bertz CT molecular complexity index is 753. The van der Waals surface area contributed by atoms with Crippen LogP contribution in [-0.4, -0.2) is 55.0 Å². The zero-order valence-corrected chi connectivity index (χ0v) is 15.8. The van der Waals surface area contributed by atoms with Crippen LogP contribution in [0.1, 0.15) is 39.0 Å². The van der Waals surface area contributed by atoms with E-state index in [2.05, 4.69) is 4.98 Å². The van der Waals surface area contributed by atoms with Crippen LogP contribution in [-0.2, 0) is 4.74 Å². The maximum Gasteiger partial charge on any atom is 0.340 e. The van der Waals surface area contributed by atoms with Crippen molar-refractivity contribution in [2.24, 2.45) is 0 Å². The van der Waals surface area contributed by atoms with Crippen LogP contribution in [0.3, 0.4) is 0 Å². The number of aryl methyl sites for hydroxylation is 1. The molecule has 1 aromatic heterocycles. The van der Waals surface area contributed by atoms with E-state index in [1.165, 1.54) is 0 Å². The van der Waals surface area contributed by atoms with Crippen LogP contribution in [0.5, 0.6) is 5.75 Å². The number of likely N-dealkylation sites (N-methyl/N-ethyl adjacent to an activating group) is 1. The highest BCUT2D eigenvalue weighted by Gasteiger charge is 2.23. The predicted molar refractivity (Wildman–Crippen MR) is 100.0 cm³/mol. The van der Waals surface area contributed by atoms with E-state index in [0.717, 1.165) is 5.75 Å². The molecule has 1 aromatic carbocycles. The molecule has 0 saturated heterocycles. The average Bonchev–Trinajstić information content (AvgIpc) is 2.90. The van der Waals surface area contributed by atoms with Gasteiger partial charge in [0.15, 0.2) is 5.78 Å². The molecule has 140 valence electrons. The van der Waals surface area contributed by atoms with Gasteiger partial charge in [-0.1, -0.05) is 18.2 Å². The van der Waals surface area contributed by atoms with E-state index in [1.54, 1.807) is 20.8 Å². The van der Waals surface area contributed by atoms with Gasteiger partial charge >= 0.3 is 5.97 Å². The highest BCUT2D eigenvalue weighted by molar-refractivity contribution is 6.02. The van der Waals surface area contributed by atoms with Crippen molar-refractivity contribution in [3.63, 3.8) is 0 Å². The van der Waals surface area contributed by atoms with Gasteiger partial charge in [0, 0.05) is 12.2 Å². The summed E-state index contributed by atoms with van der Waals surface area (Å²) in [4.78, 5) is 29.6. The quantitative estimate of drug-likeness (QED) is 0.551. The average molecular weight is 358 g/mol. The number of aromatic amines is 1. The van der Waals surface area contributed by atoms with Crippen molar-refractivity contribution in [2.45, 2.75) is 20.8 Å². The maximum absolute atomic E-state index is 12.6. The van der Waals surface area contributed by atoms with Crippen LogP contribution < -0.4 is 4.74 Å². The number of hydrogen-bond acceptors (Lipinski definition) is 5. The van der Waals surface area contributed by atoms with E-state index >= 15 is 0 Å². The van der Waals surface area contributed by atoms with Crippen LogP contribution in [0.4, 0.5) is 0 Å². The standard InChI is InChI=1S/C20H26N2O4/c1-5-25-20(24)18-14(2)19(21-15(18)3)17(23)13-22(4)11-12-26-16-9-7-6-8-10-16/h6-10,21H,5,11-13H2,1-4H3. The van der Waals surface area contributed by atoms with E-state index < -0.39 is 5.97 Å². The molecule has 0 aliphatic rings. The van der Waals surface area contributed by atoms with Crippen LogP contribution in [0.2, 0.25) is 0 Å². The molecule has 6 heteroatoms. The Hall–Kier alpha value is -2.60. The maximum atomic E-state index is 12.6. The summed E-state index contributed by atoms with van der Waals surface area (Å²) in [6.45, 7) is 6.94. The van der Waals surface area contributed by atoms with Gasteiger partial charge in [-0.3, -0.25) is 9.69 Å². The Morgan fingerprint density at radius 3 is 2.50 bits per heavy atom. The fourth-order valence-electron chi connectivity index (χ4n) is 2.78. The number of para-hydroxylation sites is 1. The fourth-order valence-corrected chi connectivity index (χ4v) is 2.78. The van der Waals surface area contributed by atoms with E-state index in [1.807, 2.05) is 42.3 Å². The summed E-state index contributed by atoms with van der Waals surface area (Å²) < 4.78 is 10.7. The SMILES string of the molecule is CCOC(=O)c1c(C)[nH]c(C(=O)CN(C)CCOc2ccccc2)c1C. The molecule has 6 nitrogen and oxygen atoms in total. The van der Waals surface area contributed by atoms with Gasteiger partial charge in [0.25, 0.3) is 0 Å². The molecule has 2 aromatic rings. The lowest BCUT2D eigenvalue weighted by Crippen LogP contribution is -2.30. The smallest absolute Gasteiger partial charge is 0.340 e. The van der Waals surface area contributed by atoms with Crippen molar-refractivity contribution in [3.8, 4) is 5.75 Å². The number of carbonyl (C=O) groups is 2. The monoisotopic (exact) mass is 358 g/mol. The molecule has 0 fully saturated rings. The van der Waals surface area contributed by atoms with E-state index in [4.69, 9.17) is 9.47 Å². The summed E-state index contributed by atoms with van der Waals surface area (Å²) in [7, 11) is 1.86. The molecule has 0 radical (unpaired) electrons. The third-order valence-electron chi connectivity index (χ3n) is 4.09. The third-order valence-corrected chi connectivity index (χ3v) is 4.09. The van der Waals surface area contributed by atoms with Gasteiger partial charge < -0.3 is 14.5 Å². The molecule has 1 heterocycles. The first-order valence-corrected chi connectivity index (χ1v) is 8.69. The lowest BCUT2D eigenvalue weighted by molar-refractivity contribution is 0.0525. The van der Waals surface area contributed by atoms with Crippen molar-refractivity contribution in [3.05, 3.63) is 52.8 Å². The lowest BCUT2D eigenvalue weighted by Gasteiger charge is -2.16. The molecule has 0 atom stereocenters.